The molecule has 1 saturated heterocycles. The van der Waals surface area contributed by atoms with Crippen molar-refractivity contribution in [2.24, 2.45) is 0 Å². The van der Waals surface area contributed by atoms with Crippen molar-refractivity contribution in [2.45, 2.75) is 52.6 Å². The summed E-state index contributed by atoms with van der Waals surface area (Å²) in [5.41, 5.74) is 4.63. The van der Waals surface area contributed by atoms with E-state index in [4.69, 9.17) is 9.47 Å². The fourth-order valence-electron chi connectivity index (χ4n) is 4.44. The molecule has 0 saturated carbocycles. The molecule has 2 aromatic carbocycles. The molecule has 2 heterocycles. The number of benzene rings is 2. The van der Waals surface area contributed by atoms with E-state index in [0.717, 1.165) is 28.0 Å². The lowest BCUT2D eigenvalue weighted by Gasteiger charge is -2.44. The van der Waals surface area contributed by atoms with Crippen LogP contribution in [0.5, 0.6) is 11.5 Å². The fourth-order valence-corrected chi connectivity index (χ4v) is 4.44. The summed E-state index contributed by atoms with van der Waals surface area (Å²) in [6, 6.07) is 9.86. The van der Waals surface area contributed by atoms with Gasteiger partial charge in [0.25, 0.3) is 5.91 Å². The molecule has 0 N–H and O–H groups in total. The summed E-state index contributed by atoms with van der Waals surface area (Å²) < 4.78 is 12.1. The standard InChI is InChI=1S/C25H29NO4/c1-16-9-17(2)11-20(10-16)29-15-24(28)26-7-5-25(6-8-26)14-22(27)21-12-18(3)19(4)13-23(21)30-25/h9-13H,5-8,14-15H2,1-4H3. The van der Waals surface area contributed by atoms with Gasteiger partial charge in [0.05, 0.1) is 12.0 Å². The number of carbonyl (C=O) groups is 2. The highest BCUT2D eigenvalue weighted by Gasteiger charge is 2.43. The molecule has 1 fully saturated rings. The van der Waals surface area contributed by atoms with Crippen molar-refractivity contribution in [3.8, 4) is 11.5 Å². The molecule has 1 amide bonds. The molecule has 0 aromatic heterocycles. The van der Waals surface area contributed by atoms with Crippen LogP contribution in [0.1, 0.15) is 51.9 Å². The second kappa shape index (κ2) is 7.78. The van der Waals surface area contributed by atoms with Gasteiger partial charge >= 0.3 is 0 Å². The predicted octanol–water partition coefficient (Wildman–Crippen LogP) is 4.33. The number of fused-ring (bicyclic) bond motifs is 1. The summed E-state index contributed by atoms with van der Waals surface area (Å²) in [7, 11) is 0. The van der Waals surface area contributed by atoms with Gasteiger partial charge in [-0.25, -0.2) is 0 Å². The van der Waals surface area contributed by atoms with E-state index in [1.54, 1.807) is 0 Å². The van der Waals surface area contributed by atoms with Gasteiger partial charge in [0.15, 0.2) is 12.4 Å². The lowest BCUT2D eigenvalue weighted by Crippen LogP contribution is -2.53. The van der Waals surface area contributed by atoms with Crippen LogP contribution < -0.4 is 9.47 Å². The summed E-state index contributed by atoms with van der Waals surface area (Å²) >= 11 is 0. The molecule has 2 aromatic rings. The molecule has 1 spiro atoms. The monoisotopic (exact) mass is 407 g/mol. The largest absolute Gasteiger partial charge is 0.486 e. The molecule has 0 unspecified atom stereocenters. The van der Waals surface area contributed by atoms with E-state index < -0.39 is 5.60 Å². The molecule has 30 heavy (non-hydrogen) atoms. The summed E-state index contributed by atoms with van der Waals surface area (Å²) in [6.45, 7) is 9.23. The number of ketones is 1. The number of likely N-dealkylation sites (tertiary alicyclic amines) is 1. The van der Waals surface area contributed by atoms with Crippen LogP contribution in [-0.4, -0.2) is 41.9 Å². The van der Waals surface area contributed by atoms with Crippen LogP contribution in [0, 0.1) is 27.7 Å². The summed E-state index contributed by atoms with van der Waals surface area (Å²) in [5, 5.41) is 0. The second-order valence-electron chi connectivity index (χ2n) is 8.81. The molecule has 5 heteroatoms. The van der Waals surface area contributed by atoms with E-state index >= 15 is 0 Å². The van der Waals surface area contributed by atoms with E-state index in [-0.39, 0.29) is 18.3 Å². The first-order valence-corrected chi connectivity index (χ1v) is 10.6. The maximum absolute atomic E-state index is 12.8. The van der Waals surface area contributed by atoms with Crippen LogP contribution in [0.15, 0.2) is 30.3 Å². The molecule has 4 rings (SSSR count). The van der Waals surface area contributed by atoms with E-state index in [9.17, 15) is 9.59 Å². The third-order valence-electron chi connectivity index (χ3n) is 6.29. The minimum atomic E-state index is -0.503. The number of hydrogen-bond acceptors (Lipinski definition) is 4. The Morgan fingerprint density at radius 1 is 1.00 bits per heavy atom. The first-order valence-electron chi connectivity index (χ1n) is 10.6. The normalized spacial score (nSPS) is 17.5. The van der Waals surface area contributed by atoms with Crippen LogP contribution in [0.25, 0.3) is 0 Å². The van der Waals surface area contributed by atoms with E-state index in [2.05, 4.69) is 6.07 Å². The number of carbonyl (C=O) groups excluding carboxylic acids is 2. The number of piperidine rings is 1. The fraction of sp³-hybridized carbons (Fsp3) is 0.440. The van der Waals surface area contributed by atoms with E-state index in [0.29, 0.717) is 43.7 Å². The van der Waals surface area contributed by atoms with Crippen LogP contribution in [-0.2, 0) is 4.79 Å². The number of ether oxygens (including phenoxy) is 2. The molecule has 0 radical (unpaired) electrons. The summed E-state index contributed by atoms with van der Waals surface area (Å²) in [4.78, 5) is 27.2. The quantitative estimate of drug-likeness (QED) is 0.760. The molecule has 2 aliphatic rings. The number of amides is 1. The van der Waals surface area contributed by atoms with Gasteiger partial charge in [0.1, 0.15) is 17.1 Å². The Kier molecular flexibility index (Phi) is 5.31. The average Bonchev–Trinajstić information content (AvgIpc) is 2.68. The highest BCUT2D eigenvalue weighted by atomic mass is 16.5. The van der Waals surface area contributed by atoms with Crippen LogP contribution in [0.2, 0.25) is 0 Å². The van der Waals surface area contributed by atoms with Gasteiger partial charge in [0.2, 0.25) is 0 Å². The maximum atomic E-state index is 12.8. The molecule has 2 aliphatic heterocycles. The van der Waals surface area contributed by atoms with Crippen molar-refractivity contribution in [3.63, 3.8) is 0 Å². The van der Waals surface area contributed by atoms with E-state index in [1.807, 2.05) is 56.9 Å². The highest BCUT2D eigenvalue weighted by molar-refractivity contribution is 6.00. The smallest absolute Gasteiger partial charge is 0.260 e. The number of rotatable bonds is 3. The van der Waals surface area contributed by atoms with Gasteiger partial charge < -0.3 is 14.4 Å². The predicted molar refractivity (Wildman–Crippen MR) is 115 cm³/mol. The van der Waals surface area contributed by atoms with Crippen LogP contribution >= 0.6 is 0 Å². The SMILES string of the molecule is Cc1cc(C)cc(OCC(=O)N2CCC3(CC2)CC(=O)c2cc(C)c(C)cc2O3)c1. The van der Waals surface area contributed by atoms with Crippen molar-refractivity contribution in [2.75, 3.05) is 19.7 Å². The maximum Gasteiger partial charge on any atom is 0.260 e. The summed E-state index contributed by atoms with van der Waals surface area (Å²) in [6.07, 6.45) is 1.68. The number of aryl methyl sites for hydroxylation is 4. The number of Topliss-reactive ketones (excluding diaryl/α,β-unsaturated/α-hetero) is 1. The second-order valence-corrected chi connectivity index (χ2v) is 8.81. The Bertz CT molecular complexity index is 982. The third kappa shape index (κ3) is 4.07. The molecule has 158 valence electrons. The first-order chi connectivity index (χ1) is 14.2. The van der Waals surface area contributed by atoms with Gasteiger partial charge in [-0.05, 0) is 74.2 Å². The van der Waals surface area contributed by atoms with Crippen molar-refractivity contribution < 1.29 is 19.1 Å². The van der Waals surface area contributed by atoms with Gasteiger partial charge in [-0.3, -0.25) is 9.59 Å². The van der Waals surface area contributed by atoms with Gasteiger partial charge in [-0.2, -0.15) is 0 Å². The van der Waals surface area contributed by atoms with Crippen molar-refractivity contribution in [1.82, 2.24) is 4.90 Å². The van der Waals surface area contributed by atoms with Crippen LogP contribution in [0.4, 0.5) is 0 Å². The van der Waals surface area contributed by atoms with Crippen LogP contribution in [0.3, 0.4) is 0 Å². The Labute approximate surface area is 178 Å². The third-order valence-corrected chi connectivity index (χ3v) is 6.29. The molecule has 0 atom stereocenters. The Morgan fingerprint density at radius 3 is 2.30 bits per heavy atom. The van der Waals surface area contributed by atoms with Crippen molar-refractivity contribution in [3.05, 3.63) is 58.1 Å². The minimum absolute atomic E-state index is 0.0248. The highest BCUT2D eigenvalue weighted by Crippen LogP contribution is 2.40. The number of hydrogen-bond donors (Lipinski definition) is 0. The minimum Gasteiger partial charge on any atom is -0.486 e. The topological polar surface area (TPSA) is 55.8 Å². The molecular formula is C25H29NO4. The zero-order chi connectivity index (χ0) is 21.5. The first kappa shape index (κ1) is 20.5. The molecule has 5 nitrogen and oxygen atoms in total. The van der Waals surface area contributed by atoms with Crippen molar-refractivity contribution in [1.29, 1.82) is 0 Å². The molecule has 0 aliphatic carbocycles. The number of nitrogens with zero attached hydrogens (tertiary/aromatic N) is 1. The lowest BCUT2D eigenvalue weighted by molar-refractivity contribution is -0.136. The summed E-state index contributed by atoms with van der Waals surface area (Å²) in [5.74, 6) is 1.51. The Balaban J connectivity index is 1.38. The average molecular weight is 408 g/mol. The van der Waals surface area contributed by atoms with Gasteiger partial charge in [0, 0.05) is 25.9 Å². The van der Waals surface area contributed by atoms with Gasteiger partial charge in [-0.15, -0.1) is 0 Å². The lowest BCUT2D eigenvalue weighted by atomic mass is 9.82. The Morgan fingerprint density at radius 2 is 1.63 bits per heavy atom. The van der Waals surface area contributed by atoms with E-state index in [1.165, 1.54) is 0 Å². The Hall–Kier alpha value is -2.82. The zero-order valence-electron chi connectivity index (χ0n) is 18.2. The zero-order valence-corrected chi connectivity index (χ0v) is 18.2. The molecule has 0 bridgehead atoms. The molecular weight excluding hydrogens is 378 g/mol. The van der Waals surface area contributed by atoms with Crippen molar-refractivity contribution >= 4 is 11.7 Å². The van der Waals surface area contributed by atoms with Gasteiger partial charge in [-0.1, -0.05) is 6.07 Å².